The first-order valence-electron chi connectivity index (χ1n) is 12.4. The van der Waals surface area contributed by atoms with E-state index in [0.717, 1.165) is 12.8 Å². The molecule has 6 rings (SSSR count). The predicted molar refractivity (Wildman–Crippen MR) is 137 cm³/mol. The van der Waals surface area contributed by atoms with Gasteiger partial charge in [-0.2, -0.15) is 0 Å². The number of benzene rings is 3. The Morgan fingerprint density at radius 1 is 0.838 bits per heavy atom. The van der Waals surface area contributed by atoms with Crippen LogP contribution in [0, 0.1) is 23.7 Å². The first-order chi connectivity index (χ1) is 17.9. The Kier molecular flexibility index (Phi) is 5.92. The lowest BCUT2D eigenvalue weighted by Crippen LogP contribution is -2.33. The molecule has 2 bridgehead atoms. The minimum atomic E-state index is -0.701. The van der Waals surface area contributed by atoms with Crippen LogP contribution >= 0.6 is 11.6 Å². The van der Waals surface area contributed by atoms with Gasteiger partial charge in [-0.15, -0.1) is 0 Å². The van der Waals surface area contributed by atoms with Gasteiger partial charge < -0.3 is 4.74 Å². The van der Waals surface area contributed by atoms with E-state index >= 15 is 0 Å². The highest BCUT2D eigenvalue weighted by Crippen LogP contribution is 2.61. The number of imide groups is 1. The Balaban J connectivity index is 1.18. The summed E-state index contributed by atoms with van der Waals surface area (Å²) < 4.78 is 5.22. The van der Waals surface area contributed by atoms with Crippen molar-refractivity contribution in [2.75, 3.05) is 11.5 Å². The number of amides is 2. The maximum Gasteiger partial charge on any atom is 0.338 e. The summed E-state index contributed by atoms with van der Waals surface area (Å²) in [5.74, 6) is -1.45. The normalized spacial score (nSPS) is 25.9. The van der Waals surface area contributed by atoms with E-state index in [1.165, 1.54) is 16.5 Å². The van der Waals surface area contributed by atoms with Crippen molar-refractivity contribution < 1.29 is 23.9 Å². The van der Waals surface area contributed by atoms with Crippen LogP contribution in [-0.4, -0.2) is 30.2 Å². The summed E-state index contributed by atoms with van der Waals surface area (Å²) in [6.07, 6.45) is 1.81. The SMILES string of the molecule is O=C(COC(=O)c1cccc(N2C(=O)[C@@H]3[C@@H]4C[C@H]([C@H]3C2=O)[C@@H](c2ccccc2)C4)c1)c1ccc(Cl)cc1. The highest BCUT2D eigenvalue weighted by atomic mass is 35.5. The molecule has 2 aliphatic carbocycles. The van der Waals surface area contributed by atoms with Crippen LogP contribution in [0.3, 0.4) is 0 Å². The average molecular weight is 514 g/mol. The largest absolute Gasteiger partial charge is 0.454 e. The van der Waals surface area contributed by atoms with Crippen LogP contribution in [0.15, 0.2) is 78.9 Å². The summed E-state index contributed by atoms with van der Waals surface area (Å²) in [6, 6.07) is 22.8. The van der Waals surface area contributed by atoms with Crippen LogP contribution in [-0.2, 0) is 14.3 Å². The van der Waals surface area contributed by atoms with E-state index in [1.807, 2.05) is 18.2 Å². The van der Waals surface area contributed by atoms with Crippen molar-refractivity contribution in [3.05, 3.63) is 101 Å². The molecule has 3 fully saturated rings. The second-order valence-corrected chi connectivity index (χ2v) is 10.5. The summed E-state index contributed by atoms with van der Waals surface area (Å²) in [4.78, 5) is 53.3. The zero-order valence-electron chi connectivity index (χ0n) is 19.9. The lowest BCUT2D eigenvalue weighted by molar-refractivity contribution is -0.123. The third-order valence-electron chi connectivity index (χ3n) is 8.08. The number of esters is 1. The summed E-state index contributed by atoms with van der Waals surface area (Å²) >= 11 is 5.85. The molecule has 0 N–H and O–H groups in total. The van der Waals surface area contributed by atoms with Gasteiger partial charge in [-0.3, -0.25) is 19.3 Å². The number of hydrogen-bond acceptors (Lipinski definition) is 5. The smallest absolute Gasteiger partial charge is 0.338 e. The number of hydrogen-bond donors (Lipinski definition) is 0. The second kappa shape index (κ2) is 9.27. The Bertz CT molecular complexity index is 1400. The summed E-state index contributed by atoms with van der Waals surface area (Å²) in [5, 5.41) is 0.504. The van der Waals surface area contributed by atoms with Crippen molar-refractivity contribution in [2.45, 2.75) is 18.8 Å². The van der Waals surface area contributed by atoms with Crippen LogP contribution in [0.25, 0.3) is 0 Å². The molecule has 3 aromatic carbocycles. The molecule has 3 aromatic rings. The molecule has 0 spiro atoms. The lowest BCUT2D eigenvalue weighted by atomic mass is 9.73. The number of rotatable bonds is 6. The fourth-order valence-corrected chi connectivity index (χ4v) is 6.63. The van der Waals surface area contributed by atoms with E-state index in [2.05, 4.69) is 12.1 Å². The van der Waals surface area contributed by atoms with E-state index in [1.54, 1.807) is 42.5 Å². The Hall–Kier alpha value is -3.77. The highest BCUT2D eigenvalue weighted by Gasteiger charge is 2.64. The van der Waals surface area contributed by atoms with Gasteiger partial charge in [-0.05, 0) is 78.6 Å². The zero-order valence-corrected chi connectivity index (χ0v) is 20.6. The van der Waals surface area contributed by atoms with E-state index in [9.17, 15) is 19.2 Å². The number of fused-ring (bicyclic) bond motifs is 5. The molecule has 3 aliphatic rings. The summed E-state index contributed by atoms with van der Waals surface area (Å²) in [5.41, 5.74) is 2.14. The second-order valence-electron chi connectivity index (χ2n) is 10.0. The summed E-state index contributed by atoms with van der Waals surface area (Å²) in [6.45, 7) is -0.430. The fraction of sp³-hybridized carbons (Fsp3) is 0.267. The molecular weight excluding hydrogens is 490 g/mol. The quantitative estimate of drug-likeness (QED) is 0.253. The maximum absolute atomic E-state index is 13.6. The highest BCUT2D eigenvalue weighted by molar-refractivity contribution is 6.30. The number of carbonyl (C=O) groups is 4. The molecule has 2 saturated carbocycles. The van der Waals surface area contributed by atoms with Gasteiger partial charge in [-0.1, -0.05) is 48.0 Å². The molecule has 0 unspecified atom stereocenters. The number of halogens is 1. The molecule has 1 saturated heterocycles. The van der Waals surface area contributed by atoms with E-state index in [4.69, 9.17) is 16.3 Å². The Morgan fingerprint density at radius 3 is 2.32 bits per heavy atom. The third-order valence-corrected chi connectivity index (χ3v) is 8.34. The van der Waals surface area contributed by atoms with Crippen molar-refractivity contribution in [3.8, 4) is 0 Å². The molecule has 1 aliphatic heterocycles. The Labute approximate surface area is 219 Å². The zero-order chi connectivity index (χ0) is 25.7. The predicted octanol–water partition coefficient (Wildman–Crippen LogP) is 5.31. The van der Waals surface area contributed by atoms with Gasteiger partial charge in [0.1, 0.15) is 0 Å². The molecule has 7 heteroatoms. The van der Waals surface area contributed by atoms with Crippen molar-refractivity contribution in [1.29, 1.82) is 0 Å². The first kappa shape index (κ1) is 23.6. The van der Waals surface area contributed by atoms with Crippen LogP contribution in [0.1, 0.15) is 45.0 Å². The van der Waals surface area contributed by atoms with Gasteiger partial charge in [0.2, 0.25) is 11.8 Å². The molecule has 37 heavy (non-hydrogen) atoms. The molecule has 0 aromatic heterocycles. The van der Waals surface area contributed by atoms with Gasteiger partial charge in [-0.25, -0.2) is 4.79 Å². The molecule has 0 radical (unpaired) electrons. The maximum atomic E-state index is 13.6. The van der Waals surface area contributed by atoms with Crippen LogP contribution in [0.2, 0.25) is 5.02 Å². The van der Waals surface area contributed by atoms with Gasteiger partial charge in [0.15, 0.2) is 12.4 Å². The number of anilines is 1. The minimum Gasteiger partial charge on any atom is -0.454 e. The number of nitrogens with zero attached hydrogens (tertiary/aromatic N) is 1. The average Bonchev–Trinajstić information content (AvgIpc) is 3.59. The third kappa shape index (κ3) is 4.05. The topological polar surface area (TPSA) is 80.8 Å². The molecule has 6 nitrogen and oxygen atoms in total. The van der Waals surface area contributed by atoms with Gasteiger partial charge in [0, 0.05) is 10.6 Å². The molecule has 2 amide bonds. The lowest BCUT2D eigenvalue weighted by Gasteiger charge is -2.28. The number of Topliss-reactive ketones (excluding diaryl/α,β-unsaturated/α-hetero) is 1. The standard InChI is InChI=1S/C30H24ClNO5/c31-21-11-9-18(10-12-21)25(33)16-37-30(36)19-7-4-8-22(13-19)32-28(34)26-20-14-23(17-5-2-1-3-6-17)24(15-20)27(26)29(32)35/h1-13,20,23-24,26-27H,14-16H2/t20-,23+,24-,26+,27+/m0/s1. The van der Waals surface area contributed by atoms with Gasteiger partial charge in [0.25, 0.3) is 0 Å². The van der Waals surface area contributed by atoms with Crippen molar-refractivity contribution in [1.82, 2.24) is 0 Å². The van der Waals surface area contributed by atoms with Crippen molar-refractivity contribution >= 4 is 40.9 Å². The number of carbonyl (C=O) groups excluding carboxylic acids is 4. The summed E-state index contributed by atoms with van der Waals surface area (Å²) in [7, 11) is 0. The number of ether oxygens (including phenoxy) is 1. The van der Waals surface area contributed by atoms with Gasteiger partial charge in [0.05, 0.1) is 23.1 Å². The first-order valence-corrected chi connectivity index (χ1v) is 12.8. The van der Waals surface area contributed by atoms with E-state index < -0.39 is 12.6 Å². The minimum absolute atomic E-state index is 0.144. The number of ketones is 1. The monoisotopic (exact) mass is 513 g/mol. The Morgan fingerprint density at radius 2 is 1.57 bits per heavy atom. The fourth-order valence-electron chi connectivity index (χ4n) is 6.50. The van der Waals surface area contributed by atoms with Gasteiger partial charge >= 0.3 is 5.97 Å². The van der Waals surface area contributed by atoms with Crippen molar-refractivity contribution in [3.63, 3.8) is 0 Å². The van der Waals surface area contributed by atoms with E-state index in [-0.39, 0.29) is 52.8 Å². The van der Waals surface area contributed by atoms with Crippen molar-refractivity contribution in [2.24, 2.45) is 23.7 Å². The molecule has 5 atom stereocenters. The molecule has 186 valence electrons. The molecular formula is C30H24ClNO5. The van der Waals surface area contributed by atoms with Crippen LogP contribution in [0.4, 0.5) is 5.69 Å². The van der Waals surface area contributed by atoms with Crippen LogP contribution < -0.4 is 4.90 Å². The van der Waals surface area contributed by atoms with E-state index in [0.29, 0.717) is 16.3 Å². The molecule has 1 heterocycles. The van der Waals surface area contributed by atoms with Crippen LogP contribution in [0.5, 0.6) is 0 Å².